The summed E-state index contributed by atoms with van der Waals surface area (Å²) in [5.41, 5.74) is 7.70. The zero-order chi connectivity index (χ0) is 15.4. The van der Waals surface area contributed by atoms with E-state index in [1.54, 1.807) is 18.4 Å². The molecule has 112 valence electrons. The van der Waals surface area contributed by atoms with Crippen LogP contribution < -0.4 is 10.5 Å². The molecule has 2 rings (SSSR count). The Morgan fingerprint density at radius 2 is 2.14 bits per heavy atom. The molecule has 0 radical (unpaired) electrons. The highest BCUT2D eigenvalue weighted by molar-refractivity contribution is 9.10. The molecule has 0 aliphatic carbocycles. The summed E-state index contributed by atoms with van der Waals surface area (Å²) in [5, 5.41) is 2.10. The third-order valence-electron chi connectivity index (χ3n) is 3.03. The van der Waals surface area contributed by atoms with E-state index in [0.717, 1.165) is 34.4 Å². The predicted molar refractivity (Wildman–Crippen MR) is 96.1 cm³/mol. The Hall–Kier alpha value is -0.950. The Bertz CT molecular complexity index is 642. The van der Waals surface area contributed by atoms with E-state index in [4.69, 9.17) is 22.7 Å². The van der Waals surface area contributed by atoms with Crippen LogP contribution in [0.4, 0.5) is 0 Å². The van der Waals surface area contributed by atoms with E-state index in [0.29, 0.717) is 4.99 Å². The zero-order valence-corrected chi connectivity index (χ0v) is 15.1. The number of hydrogen-bond donors (Lipinski definition) is 1. The molecule has 0 unspecified atom stereocenters. The van der Waals surface area contributed by atoms with Gasteiger partial charge in [-0.15, -0.1) is 11.3 Å². The monoisotopic (exact) mass is 384 g/mol. The van der Waals surface area contributed by atoms with E-state index in [9.17, 15) is 0 Å². The lowest BCUT2D eigenvalue weighted by atomic mass is 10.1. The van der Waals surface area contributed by atoms with E-state index in [1.165, 1.54) is 4.88 Å². The molecule has 1 aromatic carbocycles. The van der Waals surface area contributed by atoms with Gasteiger partial charge in [-0.3, -0.25) is 4.90 Å². The van der Waals surface area contributed by atoms with Crippen molar-refractivity contribution in [2.75, 3.05) is 14.2 Å². The van der Waals surface area contributed by atoms with Crippen molar-refractivity contribution >= 4 is 44.5 Å². The highest BCUT2D eigenvalue weighted by atomic mass is 79.9. The van der Waals surface area contributed by atoms with Crippen molar-refractivity contribution in [2.24, 2.45) is 5.73 Å². The lowest BCUT2D eigenvalue weighted by Crippen LogP contribution is -2.17. The molecule has 2 aromatic rings. The van der Waals surface area contributed by atoms with Crippen molar-refractivity contribution < 1.29 is 4.74 Å². The Balaban J connectivity index is 2.08. The highest BCUT2D eigenvalue weighted by Gasteiger charge is 2.09. The number of benzene rings is 1. The molecule has 0 saturated heterocycles. The lowest BCUT2D eigenvalue weighted by Gasteiger charge is -2.17. The molecule has 0 saturated carbocycles. The molecule has 0 amide bonds. The molecule has 6 heteroatoms. The number of thiophene rings is 1. The second-order valence-corrected chi connectivity index (χ2v) is 7.15. The van der Waals surface area contributed by atoms with Crippen LogP contribution in [0, 0.1) is 0 Å². The van der Waals surface area contributed by atoms with E-state index in [1.807, 2.05) is 18.2 Å². The van der Waals surface area contributed by atoms with Gasteiger partial charge in [-0.2, -0.15) is 0 Å². The molecule has 1 heterocycles. The minimum Gasteiger partial charge on any atom is -0.496 e. The highest BCUT2D eigenvalue weighted by Crippen LogP contribution is 2.23. The van der Waals surface area contributed by atoms with E-state index in [2.05, 4.69) is 39.3 Å². The molecule has 0 atom stereocenters. The van der Waals surface area contributed by atoms with Crippen LogP contribution in [-0.4, -0.2) is 24.0 Å². The van der Waals surface area contributed by atoms with Crippen molar-refractivity contribution in [1.82, 2.24) is 4.90 Å². The fourth-order valence-electron chi connectivity index (χ4n) is 2.12. The first kappa shape index (κ1) is 16.4. The lowest BCUT2D eigenvalue weighted by molar-refractivity contribution is 0.321. The summed E-state index contributed by atoms with van der Waals surface area (Å²) in [7, 11) is 3.72. The number of nitrogens with zero attached hydrogens (tertiary/aromatic N) is 1. The van der Waals surface area contributed by atoms with Gasteiger partial charge in [0, 0.05) is 27.8 Å². The van der Waals surface area contributed by atoms with Crippen molar-refractivity contribution in [2.45, 2.75) is 13.1 Å². The van der Waals surface area contributed by atoms with Crippen LogP contribution in [0.2, 0.25) is 0 Å². The molecule has 0 spiro atoms. The van der Waals surface area contributed by atoms with Gasteiger partial charge in [0.1, 0.15) is 10.7 Å². The Morgan fingerprint density at radius 3 is 2.71 bits per heavy atom. The summed E-state index contributed by atoms with van der Waals surface area (Å²) >= 11 is 10.3. The first-order valence-electron chi connectivity index (χ1n) is 6.37. The fraction of sp³-hybridized carbons (Fsp3) is 0.267. The molecule has 21 heavy (non-hydrogen) atoms. The largest absolute Gasteiger partial charge is 0.496 e. The van der Waals surface area contributed by atoms with Crippen molar-refractivity contribution in [3.05, 3.63) is 50.1 Å². The quantitative estimate of drug-likeness (QED) is 0.768. The topological polar surface area (TPSA) is 38.5 Å². The van der Waals surface area contributed by atoms with Crippen molar-refractivity contribution in [1.29, 1.82) is 0 Å². The zero-order valence-electron chi connectivity index (χ0n) is 11.9. The molecule has 3 nitrogen and oxygen atoms in total. The number of thiocarbonyl (C=S) groups is 1. The predicted octanol–water partition coefficient (Wildman–Crippen LogP) is 3.79. The van der Waals surface area contributed by atoms with Gasteiger partial charge in [0.05, 0.1) is 12.7 Å². The van der Waals surface area contributed by atoms with Gasteiger partial charge < -0.3 is 10.5 Å². The van der Waals surface area contributed by atoms with Crippen LogP contribution in [0.15, 0.2) is 34.1 Å². The summed E-state index contributed by atoms with van der Waals surface area (Å²) in [4.78, 5) is 3.94. The normalized spacial score (nSPS) is 10.9. The summed E-state index contributed by atoms with van der Waals surface area (Å²) in [6.07, 6.45) is 0. The smallest absolute Gasteiger partial charge is 0.129 e. The van der Waals surface area contributed by atoms with Gasteiger partial charge >= 0.3 is 0 Å². The Labute approximate surface area is 142 Å². The maximum atomic E-state index is 5.75. The molecule has 0 aliphatic heterocycles. The summed E-state index contributed by atoms with van der Waals surface area (Å²) < 4.78 is 6.42. The number of methoxy groups -OCH3 is 1. The van der Waals surface area contributed by atoms with Gasteiger partial charge in [0.25, 0.3) is 0 Å². The Morgan fingerprint density at radius 1 is 1.38 bits per heavy atom. The maximum Gasteiger partial charge on any atom is 0.129 e. The minimum absolute atomic E-state index is 0.360. The molecular weight excluding hydrogens is 368 g/mol. The number of halogens is 1. The first-order chi connectivity index (χ1) is 9.99. The van der Waals surface area contributed by atoms with Crippen LogP contribution in [0.5, 0.6) is 5.75 Å². The molecule has 0 fully saturated rings. The van der Waals surface area contributed by atoms with E-state index >= 15 is 0 Å². The van der Waals surface area contributed by atoms with Crippen LogP contribution in [-0.2, 0) is 13.1 Å². The van der Waals surface area contributed by atoms with Crippen LogP contribution in [0.25, 0.3) is 0 Å². The summed E-state index contributed by atoms with van der Waals surface area (Å²) in [6.45, 7) is 1.74. The van der Waals surface area contributed by atoms with Gasteiger partial charge in [0.2, 0.25) is 0 Å². The van der Waals surface area contributed by atoms with Gasteiger partial charge in [-0.25, -0.2) is 0 Å². The van der Waals surface area contributed by atoms with Crippen LogP contribution >= 0.6 is 39.5 Å². The van der Waals surface area contributed by atoms with Gasteiger partial charge in [-0.05, 0) is 46.7 Å². The average molecular weight is 385 g/mol. The molecule has 0 aliphatic rings. The maximum absolute atomic E-state index is 5.75. The SMILES string of the molecule is COc1ccc(CN(C)Cc2cc(Br)cs2)cc1C(N)=S. The third kappa shape index (κ3) is 4.51. The number of hydrogen-bond acceptors (Lipinski definition) is 4. The minimum atomic E-state index is 0.360. The summed E-state index contributed by atoms with van der Waals surface area (Å²) in [6, 6.07) is 8.11. The van der Waals surface area contributed by atoms with Crippen LogP contribution in [0.3, 0.4) is 0 Å². The second-order valence-electron chi connectivity index (χ2n) is 4.80. The summed E-state index contributed by atoms with van der Waals surface area (Å²) in [5.74, 6) is 0.719. The van der Waals surface area contributed by atoms with Crippen molar-refractivity contribution in [3.63, 3.8) is 0 Å². The molecule has 1 aromatic heterocycles. The molecular formula is C15H17BrN2OS2. The first-order valence-corrected chi connectivity index (χ1v) is 8.46. The Kier molecular flexibility index (Phi) is 5.75. The third-order valence-corrected chi connectivity index (χ3v) is 4.93. The van der Waals surface area contributed by atoms with E-state index in [-0.39, 0.29) is 0 Å². The second kappa shape index (κ2) is 7.35. The van der Waals surface area contributed by atoms with Gasteiger partial charge in [0.15, 0.2) is 0 Å². The van der Waals surface area contributed by atoms with E-state index < -0.39 is 0 Å². The number of nitrogens with two attached hydrogens (primary N) is 1. The number of ether oxygens (including phenoxy) is 1. The molecule has 0 bridgehead atoms. The average Bonchev–Trinajstić information content (AvgIpc) is 2.83. The van der Waals surface area contributed by atoms with Gasteiger partial charge in [-0.1, -0.05) is 18.3 Å². The number of rotatable bonds is 6. The standard InChI is InChI=1S/C15H17BrN2OS2/c1-18(8-12-6-11(16)9-21-12)7-10-3-4-14(19-2)13(5-10)15(17)20/h3-6,9H,7-8H2,1-2H3,(H2,17,20). The van der Waals surface area contributed by atoms with Crippen molar-refractivity contribution in [3.8, 4) is 5.75 Å². The fourth-order valence-corrected chi connectivity index (χ4v) is 3.81. The van der Waals surface area contributed by atoms with Crippen LogP contribution in [0.1, 0.15) is 16.0 Å². The molecule has 2 N–H and O–H groups in total.